The molecule has 1 aromatic heterocycles. The van der Waals surface area contributed by atoms with Crippen LogP contribution in [0.5, 0.6) is 0 Å². The van der Waals surface area contributed by atoms with Crippen molar-refractivity contribution in [1.29, 1.82) is 5.26 Å². The molecule has 2 heterocycles. The Bertz CT molecular complexity index is 1420. The molecular weight excluding hydrogens is 420 g/mol. The van der Waals surface area contributed by atoms with E-state index in [1.54, 1.807) is 42.5 Å². The van der Waals surface area contributed by atoms with Crippen LogP contribution in [0.15, 0.2) is 88.2 Å². The molecule has 0 N–H and O–H groups in total. The van der Waals surface area contributed by atoms with Gasteiger partial charge in [-0.2, -0.15) is 5.26 Å². The minimum atomic E-state index is -0.329. The van der Waals surface area contributed by atoms with Gasteiger partial charge in [0.2, 0.25) is 0 Å². The summed E-state index contributed by atoms with van der Waals surface area (Å²) < 4.78 is 5.85. The van der Waals surface area contributed by atoms with Crippen molar-refractivity contribution in [1.82, 2.24) is 4.90 Å². The molecular formula is C26H16N2O3S. The summed E-state index contributed by atoms with van der Waals surface area (Å²) in [4.78, 5) is 27.1. The van der Waals surface area contributed by atoms with Crippen LogP contribution >= 0.6 is 11.8 Å². The molecule has 154 valence electrons. The maximum Gasteiger partial charge on any atom is 0.293 e. The zero-order valence-electron chi connectivity index (χ0n) is 16.8. The first kappa shape index (κ1) is 19.9. The number of benzene rings is 3. The van der Waals surface area contributed by atoms with E-state index < -0.39 is 0 Å². The van der Waals surface area contributed by atoms with Crippen molar-refractivity contribution in [2.45, 2.75) is 6.54 Å². The summed E-state index contributed by atoms with van der Waals surface area (Å²) >= 11 is 0.914. The molecule has 2 amide bonds. The number of fused-ring (bicyclic) bond motifs is 1. The SMILES string of the molecule is N#Cc1ccc(-c2ccc(/C=C3/SC(=O)N(Cc4cccc5ccccc45)C3=O)o2)cc1. The van der Waals surface area contributed by atoms with Crippen molar-refractivity contribution in [3.05, 3.63) is 101 Å². The number of hydrogen-bond donors (Lipinski definition) is 0. The molecule has 0 spiro atoms. The van der Waals surface area contributed by atoms with Crippen molar-refractivity contribution in [2.75, 3.05) is 0 Å². The topological polar surface area (TPSA) is 74.3 Å². The zero-order valence-corrected chi connectivity index (χ0v) is 17.6. The minimum Gasteiger partial charge on any atom is -0.457 e. The van der Waals surface area contributed by atoms with Crippen LogP contribution in [0.1, 0.15) is 16.9 Å². The predicted molar refractivity (Wildman–Crippen MR) is 124 cm³/mol. The van der Waals surface area contributed by atoms with Gasteiger partial charge >= 0.3 is 0 Å². The lowest BCUT2D eigenvalue weighted by molar-refractivity contribution is -0.123. The molecule has 1 aliphatic rings. The fourth-order valence-corrected chi connectivity index (χ4v) is 4.48. The van der Waals surface area contributed by atoms with E-state index in [9.17, 15) is 9.59 Å². The van der Waals surface area contributed by atoms with Gasteiger partial charge in [0.1, 0.15) is 11.5 Å². The fraction of sp³-hybridized carbons (Fsp3) is 0.0385. The first-order chi connectivity index (χ1) is 15.6. The van der Waals surface area contributed by atoms with Crippen LogP contribution in [-0.4, -0.2) is 16.0 Å². The Hall–Kier alpha value is -4.08. The van der Waals surface area contributed by atoms with Crippen molar-refractivity contribution in [3.8, 4) is 17.4 Å². The van der Waals surface area contributed by atoms with Crippen LogP contribution < -0.4 is 0 Å². The Morgan fingerprint density at radius 1 is 0.938 bits per heavy atom. The Balaban J connectivity index is 1.38. The number of nitrogens with zero attached hydrogens (tertiary/aromatic N) is 2. The zero-order chi connectivity index (χ0) is 22.1. The number of rotatable bonds is 4. The fourth-order valence-electron chi connectivity index (χ4n) is 3.66. The predicted octanol–water partition coefficient (Wildman–Crippen LogP) is 6.21. The average Bonchev–Trinajstić information content (AvgIpc) is 3.39. The molecule has 32 heavy (non-hydrogen) atoms. The highest BCUT2D eigenvalue weighted by Crippen LogP contribution is 2.35. The summed E-state index contributed by atoms with van der Waals surface area (Å²) in [5.41, 5.74) is 2.32. The number of imide groups is 1. The maximum atomic E-state index is 13.0. The first-order valence-electron chi connectivity index (χ1n) is 9.95. The summed E-state index contributed by atoms with van der Waals surface area (Å²) in [6.07, 6.45) is 1.60. The lowest BCUT2D eigenvalue weighted by atomic mass is 10.0. The molecule has 0 saturated carbocycles. The van der Waals surface area contributed by atoms with Crippen LogP contribution in [0.25, 0.3) is 28.2 Å². The number of thioether (sulfide) groups is 1. The first-order valence-corrected chi connectivity index (χ1v) is 10.8. The van der Waals surface area contributed by atoms with E-state index in [-0.39, 0.29) is 17.7 Å². The van der Waals surface area contributed by atoms with Gasteiger partial charge < -0.3 is 4.42 Å². The number of carbonyl (C=O) groups is 2. The van der Waals surface area contributed by atoms with E-state index in [4.69, 9.17) is 9.68 Å². The van der Waals surface area contributed by atoms with Gasteiger partial charge in [-0.15, -0.1) is 0 Å². The van der Waals surface area contributed by atoms with Gasteiger partial charge in [-0.05, 0) is 64.5 Å². The molecule has 0 radical (unpaired) electrons. The number of amides is 2. The molecule has 5 nitrogen and oxygen atoms in total. The van der Waals surface area contributed by atoms with Crippen LogP contribution in [-0.2, 0) is 11.3 Å². The molecule has 1 aliphatic heterocycles. The second-order valence-corrected chi connectivity index (χ2v) is 8.29. The van der Waals surface area contributed by atoms with Crippen molar-refractivity contribution in [2.24, 2.45) is 0 Å². The van der Waals surface area contributed by atoms with E-state index in [1.807, 2.05) is 42.5 Å². The van der Waals surface area contributed by atoms with Crippen LogP contribution in [0.4, 0.5) is 4.79 Å². The highest BCUT2D eigenvalue weighted by molar-refractivity contribution is 8.18. The third-order valence-electron chi connectivity index (χ3n) is 5.28. The van der Waals surface area contributed by atoms with Crippen molar-refractivity contribution in [3.63, 3.8) is 0 Å². The Kier molecular flexibility index (Phi) is 5.10. The largest absolute Gasteiger partial charge is 0.457 e. The number of carbonyl (C=O) groups excluding carboxylic acids is 2. The third kappa shape index (κ3) is 3.70. The molecule has 1 saturated heterocycles. The summed E-state index contributed by atoms with van der Waals surface area (Å²) in [7, 11) is 0. The molecule has 5 rings (SSSR count). The molecule has 3 aromatic carbocycles. The molecule has 0 aliphatic carbocycles. The van der Waals surface area contributed by atoms with Gasteiger partial charge in [0.15, 0.2) is 0 Å². The van der Waals surface area contributed by atoms with Gasteiger partial charge in [0, 0.05) is 11.6 Å². The normalized spacial score (nSPS) is 15.0. The summed E-state index contributed by atoms with van der Waals surface area (Å²) in [6.45, 7) is 0.220. The summed E-state index contributed by atoms with van der Waals surface area (Å²) in [6, 6.07) is 26.5. The van der Waals surface area contributed by atoms with Gasteiger partial charge in [-0.3, -0.25) is 14.5 Å². The minimum absolute atomic E-state index is 0.220. The van der Waals surface area contributed by atoms with Gasteiger partial charge in [-0.25, -0.2) is 0 Å². The Morgan fingerprint density at radius 3 is 2.53 bits per heavy atom. The molecule has 6 heteroatoms. The number of hydrogen-bond acceptors (Lipinski definition) is 5. The van der Waals surface area contributed by atoms with Gasteiger partial charge in [0.05, 0.1) is 23.1 Å². The van der Waals surface area contributed by atoms with E-state index in [2.05, 4.69) is 6.07 Å². The molecule has 1 fully saturated rings. The van der Waals surface area contributed by atoms with Crippen LogP contribution in [0.2, 0.25) is 0 Å². The highest BCUT2D eigenvalue weighted by Gasteiger charge is 2.35. The standard InChI is InChI=1S/C26H16N2O3S/c27-15-17-8-10-19(11-9-17)23-13-12-21(31-23)14-24-25(29)28(26(30)32-24)16-20-6-3-5-18-4-1-2-7-22(18)20/h1-14H,16H2/b24-14+. The second-order valence-electron chi connectivity index (χ2n) is 7.30. The van der Waals surface area contributed by atoms with E-state index >= 15 is 0 Å². The smallest absolute Gasteiger partial charge is 0.293 e. The van der Waals surface area contributed by atoms with Crippen molar-refractivity contribution < 1.29 is 14.0 Å². The average molecular weight is 436 g/mol. The van der Waals surface area contributed by atoms with Crippen LogP contribution in [0, 0.1) is 11.3 Å². The van der Waals surface area contributed by atoms with E-state index in [0.29, 0.717) is 22.0 Å². The third-order valence-corrected chi connectivity index (χ3v) is 6.19. The summed E-state index contributed by atoms with van der Waals surface area (Å²) in [5.74, 6) is 0.778. The van der Waals surface area contributed by atoms with E-state index in [1.165, 1.54) is 4.90 Å². The lowest BCUT2D eigenvalue weighted by Crippen LogP contribution is -2.27. The van der Waals surface area contributed by atoms with Gasteiger partial charge in [-0.1, -0.05) is 42.5 Å². The number of furan rings is 1. The molecule has 0 atom stereocenters. The van der Waals surface area contributed by atoms with Gasteiger partial charge in [0.25, 0.3) is 11.1 Å². The monoisotopic (exact) mass is 436 g/mol. The Morgan fingerprint density at radius 2 is 1.72 bits per heavy atom. The quantitative estimate of drug-likeness (QED) is 0.356. The molecule has 0 unspecified atom stereocenters. The van der Waals surface area contributed by atoms with Crippen molar-refractivity contribution >= 4 is 39.8 Å². The lowest BCUT2D eigenvalue weighted by Gasteiger charge is -2.14. The highest BCUT2D eigenvalue weighted by atomic mass is 32.2. The van der Waals surface area contributed by atoms with E-state index in [0.717, 1.165) is 33.7 Å². The maximum absolute atomic E-state index is 13.0. The molecule has 4 aromatic rings. The Labute approximate surface area is 188 Å². The van der Waals surface area contributed by atoms with Crippen LogP contribution in [0.3, 0.4) is 0 Å². The summed E-state index contributed by atoms with van der Waals surface area (Å²) in [5, 5.41) is 10.7. The number of nitriles is 1. The molecule has 0 bridgehead atoms. The second kappa shape index (κ2) is 8.22.